The number of rotatable bonds is 5. The van der Waals surface area contributed by atoms with Crippen LogP contribution in [0.25, 0.3) is 10.9 Å². The average Bonchev–Trinajstić information content (AvgIpc) is 2.84. The smallest absolute Gasteiger partial charge is 0.338 e. The number of sulfone groups is 1. The summed E-state index contributed by atoms with van der Waals surface area (Å²) in [6.45, 7) is 1.82. The second kappa shape index (κ2) is 9.49. The lowest BCUT2D eigenvalue weighted by Crippen LogP contribution is -2.42. The van der Waals surface area contributed by atoms with Crippen molar-refractivity contribution in [2.45, 2.75) is 19.1 Å². The van der Waals surface area contributed by atoms with Gasteiger partial charge in [-0.05, 0) is 48.9 Å². The molecule has 2 N–H and O–H groups in total. The third kappa shape index (κ3) is 5.35. The fraction of sp³-hybridized carbons (Fsp3) is 0.192. The molecule has 3 heterocycles. The van der Waals surface area contributed by atoms with Gasteiger partial charge in [-0.15, -0.1) is 0 Å². The Morgan fingerprint density at radius 2 is 1.77 bits per heavy atom. The molecule has 0 spiro atoms. The van der Waals surface area contributed by atoms with Gasteiger partial charge in [0.05, 0.1) is 39.7 Å². The van der Waals surface area contributed by atoms with E-state index in [1.54, 1.807) is 12.1 Å². The lowest BCUT2D eigenvalue weighted by atomic mass is 10.1. The zero-order chi connectivity index (χ0) is 28.1. The Kier molecular flexibility index (Phi) is 6.41. The van der Waals surface area contributed by atoms with Crippen LogP contribution in [0.4, 0.5) is 34.8 Å². The Labute approximate surface area is 219 Å². The minimum atomic E-state index is -4.88. The number of fused-ring (bicyclic) bond motifs is 1. The Bertz CT molecular complexity index is 1790. The molecule has 202 valence electrons. The van der Waals surface area contributed by atoms with Gasteiger partial charge in [0.2, 0.25) is 0 Å². The second-order valence-electron chi connectivity index (χ2n) is 9.20. The topological polar surface area (TPSA) is 110 Å². The first kappa shape index (κ1) is 26.4. The summed E-state index contributed by atoms with van der Waals surface area (Å²) in [5, 5.41) is 5.54. The van der Waals surface area contributed by atoms with Crippen molar-refractivity contribution in [2.24, 2.45) is 0 Å². The number of nitrogens with one attached hydrogen (secondary N) is 2. The highest BCUT2D eigenvalue weighted by molar-refractivity contribution is 7.92. The van der Waals surface area contributed by atoms with Gasteiger partial charge in [-0.2, -0.15) is 13.2 Å². The normalized spacial score (nSPS) is 15.1. The Balaban J connectivity index is 1.60. The van der Waals surface area contributed by atoms with Crippen LogP contribution in [0.15, 0.2) is 65.6 Å². The molecule has 0 aliphatic carbocycles. The van der Waals surface area contributed by atoms with Crippen molar-refractivity contribution in [2.75, 3.05) is 22.1 Å². The van der Waals surface area contributed by atoms with Crippen LogP contribution in [-0.2, 0) is 16.0 Å². The van der Waals surface area contributed by atoms with Crippen molar-refractivity contribution in [1.29, 1.82) is 0 Å². The molecule has 0 atom stereocenters. The number of carbonyl (C=O) groups is 1. The number of pyridine rings is 2. The summed E-state index contributed by atoms with van der Waals surface area (Å²) in [5.74, 6) is -2.60. The van der Waals surface area contributed by atoms with Crippen LogP contribution < -0.4 is 16.2 Å². The summed E-state index contributed by atoms with van der Waals surface area (Å²) < 4.78 is 78.1. The predicted molar refractivity (Wildman–Crippen MR) is 138 cm³/mol. The van der Waals surface area contributed by atoms with Gasteiger partial charge in [0.25, 0.3) is 11.5 Å². The number of amides is 1. The van der Waals surface area contributed by atoms with E-state index in [0.29, 0.717) is 17.8 Å². The molecule has 2 aromatic carbocycles. The molecule has 0 saturated carbocycles. The molecular weight excluding hydrogens is 540 g/mol. The van der Waals surface area contributed by atoms with Gasteiger partial charge in [0, 0.05) is 17.4 Å². The molecule has 0 bridgehead atoms. The second-order valence-corrected chi connectivity index (χ2v) is 11.4. The first-order valence-corrected chi connectivity index (χ1v) is 13.4. The van der Waals surface area contributed by atoms with Crippen LogP contribution in [0.1, 0.15) is 27.5 Å². The molecule has 0 unspecified atom stereocenters. The van der Waals surface area contributed by atoms with Crippen LogP contribution in [0.2, 0.25) is 0 Å². The van der Waals surface area contributed by atoms with Crippen molar-refractivity contribution in [1.82, 2.24) is 9.55 Å². The molecule has 5 rings (SSSR count). The van der Waals surface area contributed by atoms with Crippen LogP contribution in [0.5, 0.6) is 0 Å². The number of anilines is 3. The van der Waals surface area contributed by atoms with Gasteiger partial charge in [0.1, 0.15) is 5.82 Å². The molecule has 1 amide bonds. The van der Waals surface area contributed by atoms with Crippen molar-refractivity contribution in [3.8, 4) is 0 Å². The van der Waals surface area contributed by atoms with Crippen LogP contribution in [0.3, 0.4) is 0 Å². The fourth-order valence-corrected chi connectivity index (χ4v) is 5.68. The summed E-state index contributed by atoms with van der Waals surface area (Å²) >= 11 is 0. The SMILES string of the molecule is Cc1ccccc1Nc1nc2ccn(C3CS(=O)(=O)C3)c(=O)c2cc1NC(=O)c1cc(F)cc(C(F)(F)F)c1. The van der Waals surface area contributed by atoms with E-state index in [9.17, 15) is 35.6 Å². The van der Waals surface area contributed by atoms with Gasteiger partial charge < -0.3 is 15.2 Å². The van der Waals surface area contributed by atoms with Crippen LogP contribution in [0, 0.1) is 12.7 Å². The third-order valence-corrected chi connectivity index (χ3v) is 8.11. The highest BCUT2D eigenvalue weighted by atomic mass is 32.2. The standard InChI is InChI=1S/C26H20F4N4O4S/c1-14-4-2-3-5-20(14)31-23-22(33-24(35)15-8-16(26(28,29)30)10-17(27)9-15)11-19-21(32-23)6-7-34(25(19)36)18-12-39(37,38)13-18/h2-11,18H,12-13H2,1H3,(H,31,32)(H,33,35). The Morgan fingerprint density at radius 1 is 1.05 bits per heavy atom. The van der Waals surface area contributed by atoms with Gasteiger partial charge in [-0.1, -0.05) is 18.2 Å². The van der Waals surface area contributed by atoms with Crippen molar-refractivity contribution < 1.29 is 30.8 Å². The summed E-state index contributed by atoms with van der Waals surface area (Å²) in [6, 6.07) is 10.9. The lowest BCUT2D eigenvalue weighted by Gasteiger charge is -2.27. The summed E-state index contributed by atoms with van der Waals surface area (Å²) in [4.78, 5) is 30.7. The third-order valence-electron chi connectivity index (χ3n) is 6.33. The maximum absolute atomic E-state index is 14.0. The molecular formula is C26H20F4N4O4S. The van der Waals surface area contributed by atoms with E-state index in [2.05, 4.69) is 15.6 Å². The fourth-order valence-electron chi connectivity index (χ4n) is 4.28. The van der Waals surface area contributed by atoms with Gasteiger partial charge in [-0.25, -0.2) is 17.8 Å². The molecule has 2 aromatic heterocycles. The van der Waals surface area contributed by atoms with E-state index >= 15 is 0 Å². The minimum Gasteiger partial charge on any atom is -0.338 e. The van der Waals surface area contributed by atoms with Crippen molar-refractivity contribution >= 4 is 43.8 Å². The summed E-state index contributed by atoms with van der Waals surface area (Å²) in [5.41, 5.74) is -0.864. The van der Waals surface area contributed by atoms with Gasteiger partial charge in [-0.3, -0.25) is 9.59 Å². The first-order chi connectivity index (χ1) is 18.3. The van der Waals surface area contributed by atoms with Crippen molar-refractivity contribution in [3.63, 3.8) is 0 Å². The number of halogens is 4. The molecule has 4 aromatic rings. The first-order valence-electron chi connectivity index (χ1n) is 11.6. The molecule has 39 heavy (non-hydrogen) atoms. The number of aryl methyl sites for hydroxylation is 1. The van der Waals surface area contributed by atoms with E-state index in [0.717, 1.165) is 5.56 Å². The van der Waals surface area contributed by atoms with E-state index in [1.807, 2.05) is 19.1 Å². The maximum atomic E-state index is 14.0. The number of aromatic nitrogens is 2. The Morgan fingerprint density at radius 3 is 2.44 bits per heavy atom. The quantitative estimate of drug-likeness (QED) is 0.339. The highest BCUT2D eigenvalue weighted by Gasteiger charge is 2.35. The maximum Gasteiger partial charge on any atom is 0.416 e. The number of carbonyl (C=O) groups excluding carboxylic acids is 1. The van der Waals surface area contributed by atoms with E-state index in [1.165, 1.54) is 22.9 Å². The van der Waals surface area contributed by atoms with Crippen LogP contribution >= 0.6 is 0 Å². The molecule has 1 aliphatic heterocycles. The number of hydrogen-bond donors (Lipinski definition) is 2. The Hall–Kier alpha value is -4.26. The van der Waals surface area contributed by atoms with Gasteiger partial charge in [0.15, 0.2) is 15.7 Å². The van der Waals surface area contributed by atoms with E-state index < -0.39 is 50.5 Å². The number of alkyl halides is 3. The van der Waals surface area contributed by atoms with Crippen LogP contribution in [-0.4, -0.2) is 35.4 Å². The van der Waals surface area contributed by atoms with E-state index in [-0.39, 0.29) is 40.0 Å². The van der Waals surface area contributed by atoms with Crippen molar-refractivity contribution in [3.05, 3.63) is 93.7 Å². The summed E-state index contributed by atoms with van der Waals surface area (Å²) in [7, 11) is -3.22. The number of para-hydroxylation sites is 1. The highest BCUT2D eigenvalue weighted by Crippen LogP contribution is 2.32. The predicted octanol–water partition coefficient (Wildman–Crippen LogP) is 4.83. The molecule has 1 fully saturated rings. The number of benzene rings is 2. The molecule has 1 saturated heterocycles. The molecule has 1 aliphatic rings. The zero-order valence-electron chi connectivity index (χ0n) is 20.2. The largest absolute Gasteiger partial charge is 0.416 e. The van der Waals surface area contributed by atoms with Gasteiger partial charge >= 0.3 is 6.18 Å². The van der Waals surface area contributed by atoms with E-state index in [4.69, 9.17) is 0 Å². The monoisotopic (exact) mass is 560 g/mol. The lowest BCUT2D eigenvalue weighted by molar-refractivity contribution is -0.137. The summed E-state index contributed by atoms with van der Waals surface area (Å²) in [6.07, 6.45) is -3.43. The molecule has 8 nitrogen and oxygen atoms in total. The zero-order valence-corrected chi connectivity index (χ0v) is 21.0. The number of hydrogen-bond acceptors (Lipinski definition) is 6. The number of nitrogens with zero attached hydrogens (tertiary/aromatic N) is 2. The molecule has 0 radical (unpaired) electrons. The minimum absolute atomic E-state index is 0.0441. The average molecular weight is 561 g/mol. The molecule has 13 heteroatoms.